The molecule has 88 valence electrons. The van der Waals surface area contributed by atoms with Crippen LogP contribution < -0.4 is 5.73 Å². The van der Waals surface area contributed by atoms with Crippen molar-refractivity contribution in [3.8, 4) is 0 Å². The summed E-state index contributed by atoms with van der Waals surface area (Å²) in [5.41, 5.74) is 4.94. The van der Waals surface area contributed by atoms with Crippen molar-refractivity contribution in [3.05, 3.63) is 28.0 Å². The summed E-state index contributed by atoms with van der Waals surface area (Å²) in [5, 5.41) is 19.5. The van der Waals surface area contributed by atoms with Gasteiger partial charge in [0.1, 0.15) is 6.10 Å². The molecule has 7 heteroatoms. The van der Waals surface area contributed by atoms with Gasteiger partial charge in [0.25, 0.3) is 0 Å². The Kier molecular flexibility index (Phi) is 4.49. The first-order chi connectivity index (χ1) is 7.41. The molecule has 0 aliphatic rings. The first-order valence-electron chi connectivity index (χ1n) is 4.37. The molecule has 1 amide bonds. The molecule has 1 rings (SSSR count). The second kappa shape index (κ2) is 5.45. The van der Waals surface area contributed by atoms with Crippen LogP contribution in [0.5, 0.6) is 0 Å². The lowest BCUT2D eigenvalue weighted by molar-refractivity contribution is -0.121. The van der Waals surface area contributed by atoms with Crippen molar-refractivity contribution < 1.29 is 15.0 Å². The van der Waals surface area contributed by atoms with Gasteiger partial charge < -0.3 is 15.9 Å². The number of amides is 1. The molecule has 2 unspecified atom stereocenters. The summed E-state index contributed by atoms with van der Waals surface area (Å²) in [6.07, 6.45) is -1.81. The summed E-state index contributed by atoms with van der Waals surface area (Å²) < 4.78 is 0. The average molecular weight is 265 g/mol. The fourth-order valence-corrected chi connectivity index (χ4v) is 1.63. The van der Waals surface area contributed by atoms with Gasteiger partial charge >= 0.3 is 0 Å². The van der Waals surface area contributed by atoms with Gasteiger partial charge in [0.05, 0.1) is 28.3 Å². The molecule has 0 saturated carbocycles. The van der Waals surface area contributed by atoms with Gasteiger partial charge in [0.15, 0.2) is 0 Å². The highest BCUT2D eigenvalue weighted by Gasteiger charge is 2.23. The number of carbonyl (C=O) groups is 1. The lowest BCUT2D eigenvalue weighted by Gasteiger charge is -2.16. The topological polar surface area (TPSA) is 96.4 Å². The smallest absolute Gasteiger partial charge is 0.220 e. The molecule has 4 N–H and O–H groups in total. The van der Waals surface area contributed by atoms with Crippen LogP contribution in [0.1, 0.15) is 18.2 Å². The number of aromatic nitrogens is 1. The minimum Gasteiger partial charge on any atom is -0.389 e. The molecule has 0 fully saturated rings. The molecule has 16 heavy (non-hydrogen) atoms. The number of nitrogens with two attached hydrogens (primary N) is 1. The van der Waals surface area contributed by atoms with Crippen molar-refractivity contribution in [1.82, 2.24) is 4.98 Å². The molecule has 5 nitrogen and oxygen atoms in total. The molecule has 1 aromatic heterocycles. The maximum atomic E-state index is 10.6. The summed E-state index contributed by atoms with van der Waals surface area (Å²) >= 11 is 11.4. The molecular formula is C9H10Cl2N2O3. The van der Waals surface area contributed by atoms with E-state index in [-0.39, 0.29) is 17.1 Å². The monoisotopic (exact) mass is 264 g/mol. The molecule has 0 aliphatic heterocycles. The first kappa shape index (κ1) is 13.2. The van der Waals surface area contributed by atoms with Gasteiger partial charge in [-0.2, -0.15) is 0 Å². The fourth-order valence-electron chi connectivity index (χ4n) is 1.14. The zero-order chi connectivity index (χ0) is 12.3. The average Bonchev–Trinajstić information content (AvgIpc) is 2.15. The number of aliphatic hydroxyl groups excluding tert-OH is 2. The summed E-state index contributed by atoms with van der Waals surface area (Å²) in [6.45, 7) is 0. The highest BCUT2D eigenvalue weighted by Crippen LogP contribution is 2.26. The van der Waals surface area contributed by atoms with Crippen molar-refractivity contribution in [2.75, 3.05) is 0 Å². The van der Waals surface area contributed by atoms with E-state index in [0.29, 0.717) is 5.02 Å². The SMILES string of the molecule is NC(=O)CC(O)C(O)c1ncc(Cl)cc1Cl. The minimum atomic E-state index is -1.38. The number of aliphatic hydroxyl groups is 2. The van der Waals surface area contributed by atoms with E-state index in [0.717, 1.165) is 0 Å². The molecule has 2 atom stereocenters. The second-order valence-corrected chi connectivity index (χ2v) is 4.05. The van der Waals surface area contributed by atoms with Gasteiger partial charge in [-0.1, -0.05) is 23.2 Å². The molecule has 0 spiro atoms. The van der Waals surface area contributed by atoms with E-state index < -0.39 is 18.1 Å². The number of pyridine rings is 1. The normalized spacial score (nSPS) is 14.5. The van der Waals surface area contributed by atoms with Crippen LogP contribution in [0.4, 0.5) is 0 Å². The fraction of sp³-hybridized carbons (Fsp3) is 0.333. The molecular weight excluding hydrogens is 255 g/mol. The first-order valence-corrected chi connectivity index (χ1v) is 5.12. The molecule has 0 aliphatic carbocycles. The van der Waals surface area contributed by atoms with Crippen LogP contribution in [0, 0.1) is 0 Å². The van der Waals surface area contributed by atoms with Crippen LogP contribution in [0.3, 0.4) is 0 Å². The zero-order valence-electron chi connectivity index (χ0n) is 8.10. The maximum absolute atomic E-state index is 10.6. The summed E-state index contributed by atoms with van der Waals surface area (Å²) in [6, 6.07) is 1.38. The van der Waals surface area contributed by atoms with Crippen molar-refractivity contribution >= 4 is 29.1 Å². The lowest BCUT2D eigenvalue weighted by Crippen LogP contribution is -2.26. The zero-order valence-corrected chi connectivity index (χ0v) is 9.61. The Bertz CT molecular complexity index is 400. The third-order valence-corrected chi connectivity index (χ3v) is 2.40. The number of nitrogens with zero attached hydrogens (tertiary/aromatic N) is 1. The largest absolute Gasteiger partial charge is 0.389 e. The van der Waals surface area contributed by atoms with Crippen molar-refractivity contribution in [2.45, 2.75) is 18.6 Å². The van der Waals surface area contributed by atoms with Gasteiger partial charge in [-0.15, -0.1) is 0 Å². The van der Waals surface area contributed by atoms with Crippen LogP contribution in [-0.2, 0) is 4.79 Å². The van der Waals surface area contributed by atoms with Crippen molar-refractivity contribution in [1.29, 1.82) is 0 Å². The number of hydrogen-bond donors (Lipinski definition) is 3. The lowest BCUT2D eigenvalue weighted by atomic mass is 10.1. The van der Waals surface area contributed by atoms with Gasteiger partial charge in [-0.25, -0.2) is 0 Å². The van der Waals surface area contributed by atoms with E-state index in [1.54, 1.807) is 0 Å². The van der Waals surface area contributed by atoms with Crippen LogP contribution in [-0.4, -0.2) is 27.2 Å². The van der Waals surface area contributed by atoms with E-state index in [2.05, 4.69) is 4.98 Å². The van der Waals surface area contributed by atoms with Gasteiger partial charge in [0.2, 0.25) is 5.91 Å². The molecule has 0 saturated heterocycles. The number of halogens is 2. The summed E-state index contributed by atoms with van der Waals surface area (Å²) in [7, 11) is 0. The third-order valence-electron chi connectivity index (χ3n) is 1.89. The van der Waals surface area contributed by atoms with E-state index in [9.17, 15) is 15.0 Å². The van der Waals surface area contributed by atoms with Gasteiger partial charge in [0, 0.05) is 6.20 Å². The molecule has 0 bridgehead atoms. The molecule has 0 radical (unpaired) electrons. The summed E-state index contributed by atoms with van der Waals surface area (Å²) in [4.78, 5) is 14.3. The predicted octanol–water partition coefficient (Wildman–Crippen LogP) is 0.658. The quantitative estimate of drug-likeness (QED) is 0.744. The summed E-state index contributed by atoms with van der Waals surface area (Å²) in [5.74, 6) is -0.725. The number of primary amides is 1. The Morgan fingerprint density at radius 3 is 2.62 bits per heavy atom. The van der Waals surface area contributed by atoms with Crippen LogP contribution in [0.25, 0.3) is 0 Å². The third kappa shape index (κ3) is 3.31. The Morgan fingerprint density at radius 1 is 1.50 bits per heavy atom. The van der Waals surface area contributed by atoms with Crippen molar-refractivity contribution in [3.63, 3.8) is 0 Å². The standard InChI is InChI=1S/C9H10Cl2N2O3/c10-4-1-5(11)8(13-3-4)9(16)6(14)2-7(12)15/h1,3,6,9,14,16H,2H2,(H2,12,15). The van der Waals surface area contributed by atoms with Crippen LogP contribution in [0.2, 0.25) is 10.0 Å². The molecule has 1 aromatic rings. The Hall–Kier alpha value is -0.880. The van der Waals surface area contributed by atoms with Gasteiger partial charge in [-0.05, 0) is 6.07 Å². The van der Waals surface area contributed by atoms with Gasteiger partial charge in [-0.3, -0.25) is 9.78 Å². The van der Waals surface area contributed by atoms with E-state index in [4.69, 9.17) is 28.9 Å². The number of rotatable bonds is 4. The van der Waals surface area contributed by atoms with Crippen LogP contribution in [0.15, 0.2) is 12.3 Å². The highest BCUT2D eigenvalue weighted by atomic mass is 35.5. The Morgan fingerprint density at radius 2 is 2.12 bits per heavy atom. The molecule has 1 heterocycles. The highest BCUT2D eigenvalue weighted by molar-refractivity contribution is 6.34. The Labute approximate surface area is 102 Å². The van der Waals surface area contributed by atoms with E-state index in [1.807, 2.05) is 0 Å². The minimum absolute atomic E-state index is 0.0554. The van der Waals surface area contributed by atoms with E-state index in [1.165, 1.54) is 12.3 Å². The second-order valence-electron chi connectivity index (χ2n) is 3.20. The van der Waals surface area contributed by atoms with Crippen LogP contribution >= 0.6 is 23.2 Å². The number of carbonyl (C=O) groups excluding carboxylic acids is 1. The molecule has 0 aromatic carbocycles. The predicted molar refractivity (Wildman–Crippen MR) is 59.0 cm³/mol. The van der Waals surface area contributed by atoms with E-state index >= 15 is 0 Å². The maximum Gasteiger partial charge on any atom is 0.220 e. The number of hydrogen-bond acceptors (Lipinski definition) is 4. The van der Waals surface area contributed by atoms with Crippen molar-refractivity contribution in [2.24, 2.45) is 5.73 Å². The Balaban J connectivity index is 2.87.